The highest BCUT2D eigenvalue weighted by molar-refractivity contribution is 5.85. The number of carboxylic acids is 1. The Labute approximate surface area is 162 Å². The molecule has 1 saturated carbocycles. The molecule has 2 aromatic carbocycles. The van der Waals surface area contributed by atoms with Crippen molar-refractivity contribution in [3.05, 3.63) is 65.4 Å². The van der Waals surface area contributed by atoms with Gasteiger partial charge in [0.15, 0.2) is 5.76 Å². The third-order valence-electron chi connectivity index (χ3n) is 5.54. The van der Waals surface area contributed by atoms with Crippen molar-refractivity contribution in [2.75, 3.05) is 6.54 Å². The molecule has 6 heteroatoms. The van der Waals surface area contributed by atoms with E-state index < -0.39 is 17.5 Å². The standard InChI is InChI=1S/C22H22N2O4/c1-13-19(18(25)12-23)20(28-24-13)16-4-2-14(3-5-16)15-6-8-17(9-7-15)22(10-11-22)21(26)27/h2-9,18,25H,10-12,23H2,1H3,(H,26,27). The molecule has 1 fully saturated rings. The van der Waals surface area contributed by atoms with Gasteiger partial charge < -0.3 is 20.5 Å². The van der Waals surface area contributed by atoms with Crippen molar-refractivity contribution in [3.8, 4) is 22.5 Å². The monoisotopic (exact) mass is 378 g/mol. The zero-order valence-electron chi connectivity index (χ0n) is 15.6. The quantitative estimate of drug-likeness (QED) is 0.606. The van der Waals surface area contributed by atoms with E-state index in [0.29, 0.717) is 29.9 Å². The summed E-state index contributed by atoms with van der Waals surface area (Å²) in [7, 11) is 0. The molecule has 1 unspecified atom stereocenters. The minimum atomic E-state index is -0.822. The van der Waals surface area contributed by atoms with E-state index in [1.165, 1.54) is 0 Å². The molecule has 0 saturated heterocycles. The number of aryl methyl sites for hydroxylation is 1. The van der Waals surface area contributed by atoms with Crippen molar-refractivity contribution >= 4 is 5.97 Å². The number of nitrogens with two attached hydrogens (primary N) is 1. The van der Waals surface area contributed by atoms with Crippen molar-refractivity contribution in [2.45, 2.75) is 31.3 Å². The minimum Gasteiger partial charge on any atom is -0.481 e. The molecule has 0 spiro atoms. The molecule has 4 rings (SSSR count). The van der Waals surface area contributed by atoms with E-state index in [1.807, 2.05) is 48.5 Å². The fourth-order valence-corrected chi connectivity index (χ4v) is 3.64. The van der Waals surface area contributed by atoms with Gasteiger partial charge in [-0.25, -0.2) is 0 Å². The highest BCUT2D eigenvalue weighted by Gasteiger charge is 2.51. The van der Waals surface area contributed by atoms with Crippen LogP contribution in [0.5, 0.6) is 0 Å². The topological polar surface area (TPSA) is 110 Å². The molecule has 1 heterocycles. The molecule has 1 aliphatic rings. The molecular formula is C22H22N2O4. The maximum Gasteiger partial charge on any atom is 0.314 e. The Morgan fingerprint density at radius 2 is 1.64 bits per heavy atom. The van der Waals surface area contributed by atoms with Crippen LogP contribution in [-0.4, -0.2) is 27.9 Å². The van der Waals surface area contributed by atoms with E-state index in [4.69, 9.17) is 10.3 Å². The predicted octanol–water partition coefficient (Wildman–Crippen LogP) is 3.43. The summed E-state index contributed by atoms with van der Waals surface area (Å²) in [6.45, 7) is 1.87. The lowest BCUT2D eigenvalue weighted by Gasteiger charge is -2.11. The summed E-state index contributed by atoms with van der Waals surface area (Å²) < 4.78 is 5.41. The molecule has 6 nitrogen and oxygen atoms in total. The Hall–Kier alpha value is -2.96. The average molecular weight is 378 g/mol. The first-order valence-electron chi connectivity index (χ1n) is 9.25. The van der Waals surface area contributed by atoms with Crippen LogP contribution in [0.4, 0.5) is 0 Å². The molecule has 1 aromatic heterocycles. The molecule has 1 atom stereocenters. The van der Waals surface area contributed by atoms with Crippen LogP contribution < -0.4 is 5.73 Å². The van der Waals surface area contributed by atoms with E-state index >= 15 is 0 Å². The van der Waals surface area contributed by atoms with Crippen molar-refractivity contribution in [2.24, 2.45) is 5.73 Å². The molecule has 4 N–H and O–H groups in total. The van der Waals surface area contributed by atoms with Crippen LogP contribution in [0.1, 0.15) is 35.8 Å². The zero-order valence-corrected chi connectivity index (χ0v) is 15.6. The number of benzene rings is 2. The molecule has 0 bridgehead atoms. The van der Waals surface area contributed by atoms with Crippen molar-refractivity contribution in [1.82, 2.24) is 5.16 Å². The third-order valence-corrected chi connectivity index (χ3v) is 5.54. The van der Waals surface area contributed by atoms with E-state index in [1.54, 1.807) is 6.92 Å². The largest absolute Gasteiger partial charge is 0.481 e. The number of hydrogen-bond acceptors (Lipinski definition) is 5. The third kappa shape index (κ3) is 3.00. The van der Waals surface area contributed by atoms with Gasteiger partial charge in [0.25, 0.3) is 0 Å². The first-order chi connectivity index (χ1) is 13.5. The minimum absolute atomic E-state index is 0.0946. The Morgan fingerprint density at radius 3 is 2.14 bits per heavy atom. The number of rotatable bonds is 6. The van der Waals surface area contributed by atoms with Crippen LogP contribution in [0.3, 0.4) is 0 Å². The van der Waals surface area contributed by atoms with Crippen LogP contribution in [0, 0.1) is 6.92 Å². The predicted molar refractivity (Wildman–Crippen MR) is 105 cm³/mol. The van der Waals surface area contributed by atoms with Crippen LogP contribution >= 0.6 is 0 Å². The number of hydrogen-bond donors (Lipinski definition) is 3. The molecule has 3 aromatic rings. The van der Waals surface area contributed by atoms with Gasteiger partial charge in [-0.05, 0) is 36.5 Å². The number of aliphatic hydroxyl groups excluding tert-OH is 1. The molecular weight excluding hydrogens is 356 g/mol. The van der Waals surface area contributed by atoms with Crippen molar-refractivity contribution in [3.63, 3.8) is 0 Å². The molecule has 1 aliphatic carbocycles. The van der Waals surface area contributed by atoms with E-state index in [-0.39, 0.29) is 6.54 Å². The second kappa shape index (κ2) is 6.89. The smallest absolute Gasteiger partial charge is 0.314 e. The number of aliphatic hydroxyl groups is 1. The SMILES string of the molecule is Cc1noc(-c2ccc(-c3ccc(C4(C(=O)O)CC4)cc3)cc2)c1C(O)CN. The van der Waals surface area contributed by atoms with Crippen molar-refractivity contribution < 1.29 is 19.5 Å². The average Bonchev–Trinajstić information content (AvgIpc) is 3.45. The summed E-state index contributed by atoms with van der Waals surface area (Å²) >= 11 is 0. The Kier molecular flexibility index (Phi) is 4.53. The van der Waals surface area contributed by atoms with Gasteiger partial charge in [0.1, 0.15) is 0 Å². The number of carboxylic acid groups (broad SMARTS) is 1. The summed E-state index contributed by atoms with van der Waals surface area (Å²) in [5.74, 6) is -0.225. The Morgan fingerprint density at radius 1 is 1.11 bits per heavy atom. The van der Waals surface area contributed by atoms with Gasteiger partial charge in [0.05, 0.1) is 22.8 Å². The first kappa shape index (κ1) is 18.4. The van der Waals surface area contributed by atoms with Gasteiger partial charge in [-0.2, -0.15) is 0 Å². The normalized spacial score (nSPS) is 16.0. The molecule has 0 amide bonds. The zero-order chi connectivity index (χ0) is 19.9. The van der Waals surface area contributed by atoms with Gasteiger partial charge in [-0.3, -0.25) is 4.79 Å². The summed E-state index contributed by atoms with van der Waals surface area (Å²) in [6, 6.07) is 15.5. The van der Waals surface area contributed by atoms with Crippen LogP contribution in [0.15, 0.2) is 53.1 Å². The van der Waals surface area contributed by atoms with Crippen LogP contribution in [-0.2, 0) is 10.2 Å². The second-order valence-electron chi connectivity index (χ2n) is 7.30. The maximum absolute atomic E-state index is 11.5. The van der Waals surface area contributed by atoms with Gasteiger partial charge in [-0.1, -0.05) is 53.7 Å². The van der Waals surface area contributed by atoms with Crippen LogP contribution in [0.25, 0.3) is 22.5 Å². The van der Waals surface area contributed by atoms with Gasteiger partial charge in [0.2, 0.25) is 0 Å². The summed E-state index contributed by atoms with van der Waals surface area (Å²) in [4.78, 5) is 11.5. The Balaban J connectivity index is 1.60. The number of nitrogens with zero attached hydrogens (tertiary/aromatic N) is 1. The van der Waals surface area contributed by atoms with E-state index in [2.05, 4.69) is 5.16 Å². The molecule has 144 valence electrons. The highest BCUT2D eigenvalue weighted by atomic mass is 16.5. The second-order valence-corrected chi connectivity index (χ2v) is 7.30. The molecule has 28 heavy (non-hydrogen) atoms. The van der Waals surface area contributed by atoms with Crippen LogP contribution in [0.2, 0.25) is 0 Å². The highest BCUT2D eigenvalue weighted by Crippen LogP contribution is 2.48. The summed E-state index contributed by atoms with van der Waals surface area (Å²) in [6.07, 6.45) is 0.575. The van der Waals surface area contributed by atoms with Gasteiger partial charge in [-0.15, -0.1) is 0 Å². The summed E-state index contributed by atoms with van der Waals surface area (Å²) in [5.41, 5.74) is 9.82. The molecule has 0 radical (unpaired) electrons. The van der Waals surface area contributed by atoms with Gasteiger partial charge >= 0.3 is 5.97 Å². The van der Waals surface area contributed by atoms with Crippen molar-refractivity contribution in [1.29, 1.82) is 0 Å². The number of aliphatic carboxylic acids is 1. The fourth-order valence-electron chi connectivity index (χ4n) is 3.64. The molecule has 0 aliphatic heterocycles. The van der Waals surface area contributed by atoms with Gasteiger partial charge in [0, 0.05) is 12.1 Å². The summed E-state index contributed by atoms with van der Waals surface area (Å²) in [5, 5.41) is 23.5. The first-order valence-corrected chi connectivity index (χ1v) is 9.25. The lowest BCUT2D eigenvalue weighted by atomic mass is 9.93. The number of carbonyl (C=O) groups is 1. The van der Waals surface area contributed by atoms with E-state index in [9.17, 15) is 15.0 Å². The fraction of sp³-hybridized carbons (Fsp3) is 0.273. The van der Waals surface area contributed by atoms with E-state index in [0.717, 1.165) is 22.3 Å². The Bertz CT molecular complexity index is 1000. The lowest BCUT2D eigenvalue weighted by Crippen LogP contribution is -2.19. The maximum atomic E-state index is 11.5. The lowest BCUT2D eigenvalue weighted by molar-refractivity contribution is -0.140. The number of aromatic nitrogens is 1.